The van der Waals surface area contributed by atoms with E-state index in [1.807, 2.05) is 12.1 Å². The molecular formula is C26H41N3O2. The number of carbonyl (C=O) groups is 2. The van der Waals surface area contributed by atoms with E-state index in [1.54, 1.807) is 0 Å². The van der Waals surface area contributed by atoms with Gasteiger partial charge < -0.3 is 10.2 Å². The average Bonchev–Trinajstić information content (AvgIpc) is 2.74. The molecule has 1 N–H and O–H groups in total. The lowest BCUT2D eigenvalue weighted by Gasteiger charge is -2.40. The molecule has 0 radical (unpaired) electrons. The molecular weight excluding hydrogens is 386 g/mol. The Labute approximate surface area is 188 Å². The Morgan fingerprint density at radius 3 is 2.13 bits per heavy atom. The van der Waals surface area contributed by atoms with Crippen molar-refractivity contribution in [2.45, 2.75) is 72.3 Å². The number of anilines is 1. The Morgan fingerprint density at radius 2 is 1.61 bits per heavy atom. The van der Waals surface area contributed by atoms with Crippen LogP contribution in [-0.4, -0.2) is 53.8 Å². The SMILES string of the molecule is CCC(C(=O)Nc1ccc(C(C)C)cc1)N1CCC(C(=O)N2CC(C)CC(C)C2)CC1. The van der Waals surface area contributed by atoms with Gasteiger partial charge in [0.1, 0.15) is 0 Å². The number of likely N-dealkylation sites (tertiary alicyclic amines) is 2. The van der Waals surface area contributed by atoms with Crippen LogP contribution in [0.25, 0.3) is 0 Å². The third-order valence-electron chi connectivity index (χ3n) is 7.03. The molecule has 0 spiro atoms. The van der Waals surface area contributed by atoms with Gasteiger partial charge in [-0.25, -0.2) is 0 Å². The third-order valence-corrected chi connectivity index (χ3v) is 7.03. The van der Waals surface area contributed by atoms with Crippen molar-refractivity contribution in [3.05, 3.63) is 29.8 Å². The molecule has 3 rings (SSSR count). The van der Waals surface area contributed by atoms with Gasteiger partial charge >= 0.3 is 0 Å². The van der Waals surface area contributed by atoms with Crippen molar-refractivity contribution in [3.8, 4) is 0 Å². The summed E-state index contributed by atoms with van der Waals surface area (Å²) in [4.78, 5) is 30.4. The number of nitrogens with zero attached hydrogens (tertiary/aromatic N) is 2. The molecule has 0 bridgehead atoms. The summed E-state index contributed by atoms with van der Waals surface area (Å²) in [6.07, 6.45) is 3.70. The second-order valence-electron chi connectivity index (χ2n) is 10.2. The largest absolute Gasteiger partial charge is 0.342 e. The van der Waals surface area contributed by atoms with Crippen LogP contribution in [0, 0.1) is 17.8 Å². The lowest BCUT2D eigenvalue weighted by atomic mass is 9.88. The fourth-order valence-corrected chi connectivity index (χ4v) is 5.35. The quantitative estimate of drug-likeness (QED) is 0.713. The number of benzene rings is 1. The van der Waals surface area contributed by atoms with Crippen LogP contribution in [-0.2, 0) is 9.59 Å². The van der Waals surface area contributed by atoms with E-state index in [1.165, 1.54) is 12.0 Å². The monoisotopic (exact) mass is 427 g/mol. The Balaban J connectivity index is 1.53. The maximum Gasteiger partial charge on any atom is 0.241 e. The summed E-state index contributed by atoms with van der Waals surface area (Å²) in [6.45, 7) is 14.3. The van der Waals surface area contributed by atoms with Crippen LogP contribution in [0.4, 0.5) is 5.69 Å². The molecule has 2 aliphatic heterocycles. The molecule has 0 aliphatic carbocycles. The molecule has 3 atom stereocenters. The van der Waals surface area contributed by atoms with E-state index in [0.29, 0.717) is 23.7 Å². The Bertz CT molecular complexity index is 728. The molecule has 2 aliphatic rings. The van der Waals surface area contributed by atoms with E-state index in [9.17, 15) is 9.59 Å². The maximum absolute atomic E-state index is 13.1. The van der Waals surface area contributed by atoms with Gasteiger partial charge in [-0.2, -0.15) is 0 Å². The minimum absolute atomic E-state index is 0.0586. The Hall–Kier alpha value is -1.88. The number of hydrogen-bond acceptors (Lipinski definition) is 3. The maximum atomic E-state index is 13.1. The van der Waals surface area contributed by atoms with Crippen LogP contribution >= 0.6 is 0 Å². The topological polar surface area (TPSA) is 52.7 Å². The first kappa shape index (κ1) is 23.8. The van der Waals surface area contributed by atoms with Gasteiger partial charge in [0.15, 0.2) is 0 Å². The molecule has 2 amide bonds. The highest BCUT2D eigenvalue weighted by molar-refractivity contribution is 5.94. The lowest BCUT2D eigenvalue weighted by Crippen LogP contribution is -2.51. The number of amides is 2. The van der Waals surface area contributed by atoms with Crippen LogP contribution in [0.2, 0.25) is 0 Å². The molecule has 3 unspecified atom stereocenters. The van der Waals surface area contributed by atoms with Crippen molar-refractivity contribution in [2.24, 2.45) is 17.8 Å². The van der Waals surface area contributed by atoms with Crippen molar-refractivity contribution in [2.75, 3.05) is 31.5 Å². The molecule has 172 valence electrons. The summed E-state index contributed by atoms with van der Waals surface area (Å²) in [5.41, 5.74) is 2.13. The predicted molar refractivity (Wildman–Crippen MR) is 127 cm³/mol. The van der Waals surface area contributed by atoms with Crippen LogP contribution in [0.15, 0.2) is 24.3 Å². The van der Waals surface area contributed by atoms with E-state index in [0.717, 1.165) is 51.1 Å². The first-order valence-electron chi connectivity index (χ1n) is 12.2. The Kier molecular flexibility index (Phi) is 8.15. The zero-order chi connectivity index (χ0) is 22.5. The summed E-state index contributed by atoms with van der Waals surface area (Å²) in [7, 11) is 0. The van der Waals surface area contributed by atoms with Crippen LogP contribution in [0.3, 0.4) is 0 Å². The fourth-order valence-electron chi connectivity index (χ4n) is 5.35. The zero-order valence-electron chi connectivity index (χ0n) is 20.1. The summed E-state index contributed by atoms with van der Waals surface area (Å²) < 4.78 is 0. The van der Waals surface area contributed by atoms with E-state index < -0.39 is 0 Å². The Morgan fingerprint density at radius 1 is 1.03 bits per heavy atom. The van der Waals surface area contributed by atoms with Crippen molar-refractivity contribution in [3.63, 3.8) is 0 Å². The van der Waals surface area contributed by atoms with Crippen LogP contribution < -0.4 is 5.32 Å². The molecule has 31 heavy (non-hydrogen) atoms. The highest BCUT2D eigenvalue weighted by Gasteiger charge is 2.35. The van der Waals surface area contributed by atoms with Gasteiger partial charge in [-0.15, -0.1) is 0 Å². The molecule has 5 heteroatoms. The highest BCUT2D eigenvalue weighted by atomic mass is 16.2. The fraction of sp³-hybridized carbons (Fsp3) is 0.692. The van der Waals surface area contributed by atoms with Gasteiger partial charge in [-0.1, -0.05) is 46.8 Å². The summed E-state index contributed by atoms with van der Waals surface area (Å²) >= 11 is 0. The van der Waals surface area contributed by atoms with Crippen molar-refractivity contribution >= 4 is 17.5 Å². The minimum Gasteiger partial charge on any atom is -0.342 e. The first-order valence-corrected chi connectivity index (χ1v) is 12.2. The molecule has 0 aromatic heterocycles. The minimum atomic E-state index is -0.143. The van der Waals surface area contributed by atoms with Gasteiger partial charge in [-0.3, -0.25) is 14.5 Å². The number of rotatable bonds is 6. The molecule has 2 fully saturated rings. The van der Waals surface area contributed by atoms with Crippen molar-refractivity contribution < 1.29 is 9.59 Å². The molecule has 1 aromatic carbocycles. The van der Waals surface area contributed by atoms with Gasteiger partial charge in [-0.05, 0) is 74.2 Å². The first-order chi connectivity index (χ1) is 14.8. The lowest BCUT2D eigenvalue weighted by molar-refractivity contribution is -0.140. The van der Waals surface area contributed by atoms with Crippen LogP contribution in [0.5, 0.6) is 0 Å². The second kappa shape index (κ2) is 10.6. The highest BCUT2D eigenvalue weighted by Crippen LogP contribution is 2.27. The van der Waals surface area contributed by atoms with Crippen molar-refractivity contribution in [1.29, 1.82) is 0 Å². The number of hydrogen-bond donors (Lipinski definition) is 1. The van der Waals surface area contributed by atoms with Crippen LogP contribution in [0.1, 0.15) is 71.8 Å². The normalized spacial score (nSPS) is 24.3. The molecule has 2 saturated heterocycles. The summed E-state index contributed by atoms with van der Waals surface area (Å²) in [5, 5.41) is 3.10. The van der Waals surface area contributed by atoms with Gasteiger partial charge in [0.25, 0.3) is 0 Å². The summed E-state index contributed by atoms with van der Waals surface area (Å²) in [6, 6.07) is 8.01. The number of nitrogens with one attached hydrogen (secondary N) is 1. The average molecular weight is 428 g/mol. The van der Waals surface area contributed by atoms with Crippen molar-refractivity contribution in [1.82, 2.24) is 9.80 Å². The van der Waals surface area contributed by atoms with Gasteiger partial charge in [0.05, 0.1) is 6.04 Å². The predicted octanol–water partition coefficient (Wildman–Crippen LogP) is 4.74. The standard InChI is InChI=1S/C26H41N3O2/c1-6-24(25(30)27-23-9-7-21(8-10-23)18(2)3)28-13-11-22(12-14-28)26(31)29-16-19(4)15-20(5)17-29/h7-10,18-20,22,24H,6,11-17H2,1-5H3,(H,27,30). The van der Waals surface area contributed by atoms with E-state index >= 15 is 0 Å². The molecule has 1 aromatic rings. The molecule has 0 saturated carbocycles. The van der Waals surface area contributed by atoms with Gasteiger partial charge in [0, 0.05) is 24.7 Å². The number of carbonyl (C=O) groups excluding carboxylic acids is 2. The van der Waals surface area contributed by atoms with E-state index in [-0.39, 0.29) is 17.9 Å². The van der Waals surface area contributed by atoms with Gasteiger partial charge in [0.2, 0.25) is 11.8 Å². The zero-order valence-corrected chi connectivity index (χ0v) is 20.1. The smallest absolute Gasteiger partial charge is 0.241 e. The second-order valence-corrected chi connectivity index (χ2v) is 10.2. The summed E-state index contributed by atoms with van der Waals surface area (Å²) in [5.74, 6) is 2.17. The van der Waals surface area contributed by atoms with E-state index in [2.05, 4.69) is 61.9 Å². The molecule has 2 heterocycles. The number of piperidine rings is 2. The molecule has 5 nitrogen and oxygen atoms in total. The van der Waals surface area contributed by atoms with E-state index in [4.69, 9.17) is 0 Å². The third kappa shape index (κ3) is 6.09.